The Morgan fingerprint density at radius 1 is 1.10 bits per heavy atom. The normalized spacial score (nSPS) is 12.1. The zero-order valence-electron chi connectivity index (χ0n) is 17.4. The highest BCUT2D eigenvalue weighted by Gasteiger charge is 2.14. The van der Waals surface area contributed by atoms with Crippen LogP contribution in [0.5, 0.6) is 0 Å². The van der Waals surface area contributed by atoms with Gasteiger partial charge in [0.05, 0.1) is 6.20 Å². The number of fused-ring (bicyclic) bond motifs is 1. The largest absolute Gasteiger partial charge is 0.378 e. The molecule has 154 valence electrons. The number of hydrogen-bond donors (Lipinski definition) is 3. The predicted molar refractivity (Wildman–Crippen MR) is 127 cm³/mol. The Morgan fingerprint density at radius 2 is 1.93 bits per heavy atom. The van der Waals surface area contributed by atoms with E-state index in [1.807, 2.05) is 21.1 Å². The van der Waals surface area contributed by atoms with Crippen molar-refractivity contribution in [2.45, 2.75) is 12.7 Å². The summed E-state index contributed by atoms with van der Waals surface area (Å²) < 4.78 is 0. The number of nitrogens with zero attached hydrogens (tertiary/aromatic N) is 3. The van der Waals surface area contributed by atoms with Crippen molar-refractivity contribution in [3.8, 4) is 10.4 Å². The second kappa shape index (κ2) is 8.79. The minimum Gasteiger partial charge on any atom is -0.378 e. The molecular formula is C23H26N6S. The standard InChI is InChI=1S/C23H26N6S/c1-25-13-15-6-4-5-7-18(15)20-10-11-21(30-20)22(24)27-23-19-12-17(29(2)3)9-8-16(19)14-26-28-23/h4-12,14,22,25H,13,24H2,1-3H3,(H,27,28)/t22-/m0/s1. The van der Waals surface area contributed by atoms with Crippen molar-refractivity contribution in [2.24, 2.45) is 5.73 Å². The highest BCUT2D eigenvalue weighted by Crippen LogP contribution is 2.34. The van der Waals surface area contributed by atoms with Crippen LogP contribution in [0.25, 0.3) is 21.2 Å². The van der Waals surface area contributed by atoms with Gasteiger partial charge in [-0.3, -0.25) is 0 Å². The van der Waals surface area contributed by atoms with Gasteiger partial charge in [-0.2, -0.15) is 5.10 Å². The van der Waals surface area contributed by atoms with E-state index in [0.29, 0.717) is 5.82 Å². The van der Waals surface area contributed by atoms with Crippen LogP contribution in [0.15, 0.2) is 60.8 Å². The van der Waals surface area contributed by atoms with Crippen molar-refractivity contribution in [1.29, 1.82) is 0 Å². The van der Waals surface area contributed by atoms with Crippen LogP contribution >= 0.6 is 11.3 Å². The maximum absolute atomic E-state index is 6.51. The molecule has 0 amide bonds. The second-order valence-corrected chi connectivity index (χ2v) is 8.49. The molecule has 0 saturated heterocycles. The van der Waals surface area contributed by atoms with Crippen molar-refractivity contribution in [3.63, 3.8) is 0 Å². The molecule has 2 heterocycles. The summed E-state index contributed by atoms with van der Waals surface area (Å²) in [5.74, 6) is 0.689. The monoisotopic (exact) mass is 418 g/mol. The Kier molecular flexibility index (Phi) is 5.94. The number of benzene rings is 2. The van der Waals surface area contributed by atoms with Crippen LogP contribution in [0.4, 0.5) is 11.5 Å². The van der Waals surface area contributed by atoms with Gasteiger partial charge < -0.3 is 21.3 Å². The van der Waals surface area contributed by atoms with Gasteiger partial charge in [-0.1, -0.05) is 30.3 Å². The van der Waals surface area contributed by atoms with Crippen molar-refractivity contribution >= 4 is 33.6 Å². The second-order valence-electron chi connectivity index (χ2n) is 7.37. The van der Waals surface area contributed by atoms with Crippen molar-refractivity contribution in [2.75, 3.05) is 31.4 Å². The van der Waals surface area contributed by atoms with Crippen molar-refractivity contribution < 1.29 is 0 Å². The number of aromatic nitrogens is 2. The van der Waals surface area contributed by atoms with E-state index < -0.39 is 0 Å². The molecule has 0 saturated carbocycles. The van der Waals surface area contributed by atoms with Gasteiger partial charge in [-0.15, -0.1) is 16.4 Å². The Hall–Kier alpha value is -3.00. The molecule has 4 aromatic rings. The molecule has 0 aliphatic heterocycles. The highest BCUT2D eigenvalue weighted by atomic mass is 32.1. The van der Waals surface area contributed by atoms with Crippen LogP contribution in [0.3, 0.4) is 0 Å². The zero-order valence-corrected chi connectivity index (χ0v) is 18.2. The topological polar surface area (TPSA) is 79.1 Å². The van der Waals surface area contributed by atoms with Gasteiger partial charge >= 0.3 is 0 Å². The molecule has 2 aromatic carbocycles. The molecule has 7 heteroatoms. The molecule has 0 unspecified atom stereocenters. The Bertz CT molecular complexity index is 1150. The highest BCUT2D eigenvalue weighted by molar-refractivity contribution is 7.15. The van der Waals surface area contributed by atoms with Crippen LogP contribution in [0, 0.1) is 0 Å². The maximum atomic E-state index is 6.51. The predicted octanol–water partition coefficient (Wildman–Crippen LogP) is 4.21. The summed E-state index contributed by atoms with van der Waals surface area (Å²) in [4.78, 5) is 4.32. The average molecular weight is 419 g/mol. The fourth-order valence-electron chi connectivity index (χ4n) is 3.44. The molecule has 4 N–H and O–H groups in total. The molecule has 1 atom stereocenters. The minimum atomic E-state index is -0.372. The first kappa shape index (κ1) is 20.3. The molecule has 0 radical (unpaired) electrons. The summed E-state index contributed by atoms with van der Waals surface area (Å²) in [5, 5.41) is 17.1. The Balaban J connectivity index is 1.61. The molecule has 0 aliphatic rings. The van der Waals surface area contributed by atoms with Crippen molar-refractivity contribution in [1.82, 2.24) is 15.5 Å². The van der Waals surface area contributed by atoms with E-state index in [0.717, 1.165) is 27.9 Å². The molecule has 0 bridgehead atoms. The summed E-state index contributed by atoms with van der Waals surface area (Å²) >= 11 is 1.70. The molecular weight excluding hydrogens is 392 g/mol. The number of thiophene rings is 1. The molecule has 0 spiro atoms. The fourth-order valence-corrected chi connectivity index (χ4v) is 4.46. The van der Waals surface area contributed by atoms with E-state index in [1.54, 1.807) is 17.5 Å². The van der Waals surface area contributed by atoms with Gasteiger partial charge in [-0.25, -0.2) is 0 Å². The summed E-state index contributed by atoms with van der Waals surface area (Å²) in [5.41, 5.74) is 10.1. The van der Waals surface area contributed by atoms with E-state index in [1.165, 1.54) is 16.0 Å². The van der Waals surface area contributed by atoms with E-state index in [9.17, 15) is 0 Å². The summed E-state index contributed by atoms with van der Waals surface area (Å²) in [6, 6.07) is 18.9. The lowest BCUT2D eigenvalue weighted by Crippen LogP contribution is -2.20. The van der Waals surface area contributed by atoms with Crippen LogP contribution in [0.1, 0.15) is 16.6 Å². The lowest BCUT2D eigenvalue weighted by atomic mass is 10.1. The third kappa shape index (κ3) is 4.14. The summed E-state index contributed by atoms with van der Waals surface area (Å²) in [6.07, 6.45) is 1.40. The Labute approximate surface area is 180 Å². The van der Waals surface area contributed by atoms with Crippen LogP contribution in [0.2, 0.25) is 0 Å². The number of hydrogen-bond acceptors (Lipinski definition) is 7. The molecule has 0 fully saturated rings. The number of nitrogens with one attached hydrogen (secondary N) is 2. The van der Waals surface area contributed by atoms with Gasteiger partial charge in [0.1, 0.15) is 6.17 Å². The van der Waals surface area contributed by atoms with Gasteiger partial charge in [0.2, 0.25) is 0 Å². The molecule has 6 nitrogen and oxygen atoms in total. The maximum Gasteiger partial charge on any atom is 0.158 e. The Morgan fingerprint density at radius 3 is 2.73 bits per heavy atom. The average Bonchev–Trinajstić information content (AvgIpc) is 3.24. The first-order valence-corrected chi connectivity index (χ1v) is 10.7. The molecule has 4 rings (SSSR count). The lowest BCUT2D eigenvalue weighted by molar-refractivity contribution is 0.820. The van der Waals surface area contributed by atoms with Crippen LogP contribution in [-0.4, -0.2) is 31.3 Å². The van der Waals surface area contributed by atoms with E-state index in [2.05, 4.69) is 80.3 Å². The van der Waals surface area contributed by atoms with Gasteiger partial charge in [0, 0.05) is 46.9 Å². The van der Waals surface area contributed by atoms with E-state index >= 15 is 0 Å². The number of nitrogens with two attached hydrogens (primary N) is 1. The van der Waals surface area contributed by atoms with Gasteiger partial charge in [0.15, 0.2) is 5.82 Å². The number of anilines is 2. The molecule has 30 heavy (non-hydrogen) atoms. The zero-order chi connectivity index (χ0) is 21.1. The number of rotatable bonds is 7. The smallest absolute Gasteiger partial charge is 0.158 e. The van der Waals surface area contributed by atoms with Gasteiger partial charge in [-0.05, 0) is 42.4 Å². The first-order chi connectivity index (χ1) is 14.6. The molecule has 0 aliphatic carbocycles. The quantitative estimate of drug-likeness (QED) is 0.390. The molecule has 2 aromatic heterocycles. The van der Waals surface area contributed by atoms with E-state index in [-0.39, 0.29) is 6.17 Å². The third-order valence-electron chi connectivity index (χ3n) is 5.04. The summed E-state index contributed by atoms with van der Waals surface area (Å²) in [7, 11) is 6.00. The SMILES string of the molecule is CNCc1ccccc1-c1ccc([C@@H](N)Nc2nncc3ccc(N(C)C)cc23)s1. The minimum absolute atomic E-state index is 0.372. The van der Waals surface area contributed by atoms with Crippen LogP contribution < -0.4 is 21.3 Å². The van der Waals surface area contributed by atoms with E-state index in [4.69, 9.17) is 5.73 Å². The lowest BCUT2D eigenvalue weighted by Gasteiger charge is -2.16. The van der Waals surface area contributed by atoms with Crippen LogP contribution in [-0.2, 0) is 6.54 Å². The third-order valence-corrected chi connectivity index (χ3v) is 6.24. The fraction of sp³-hybridized carbons (Fsp3) is 0.217. The first-order valence-electron chi connectivity index (χ1n) is 9.84. The van der Waals surface area contributed by atoms with Crippen molar-refractivity contribution in [3.05, 3.63) is 71.2 Å². The van der Waals surface area contributed by atoms with Gasteiger partial charge in [0.25, 0.3) is 0 Å². The summed E-state index contributed by atoms with van der Waals surface area (Å²) in [6.45, 7) is 0.827.